The second-order valence-electron chi connectivity index (χ2n) is 6.32. The molecular formula is C21H17ClFN3O2. The van der Waals surface area contributed by atoms with E-state index in [-0.39, 0.29) is 24.7 Å². The lowest BCUT2D eigenvalue weighted by Crippen LogP contribution is -2.10. The largest absolute Gasteiger partial charge is 0.461 e. The average Bonchev–Trinajstić information content (AvgIpc) is 2.90. The van der Waals surface area contributed by atoms with Crippen LogP contribution in [0.2, 0.25) is 5.02 Å². The number of aryl methyl sites for hydroxylation is 1. The van der Waals surface area contributed by atoms with Crippen LogP contribution >= 0.6 is 11.6 Å². The first-order chi connectivity index (χ1) is 13.5. The quantitative estimate of drug-likeness (QED) is 0.611. The average molecular weight is 398 g/mol. The van der Waals surface area contributed by atoms with E-state index in [2.05, 4.69) is 9.98 Å². The van der Waals surface area contributed by atoms with Crippen molar-refractivity contribution < 1.29 is 13.9 Å². The van der Waals surface area contributed by atoms with E-state index in [1.165, 1.54) is 6.07 Å². The van der Waals surface area contributed by atoms with E-state index in [4.69, 9.17) is 16.3 Å². The summed E-state index contributed by atoms with van der Waals surface area (Å²) >= 11 is 6.24. The summed E-state index contributed by atoms with van der Waals surface area (Å²) in [6, 6.07) is 11.8. The predicted octanol–water partition coefficient (Wildman–Crippen LogP) is 4.50. The van der Waals surface area contributed by atoms with Crippen LogP contribution in [0.3, 0.4) is 0 Å². The monoisotopic (exact) mass is 397 g/mol. The molecule has 0 amide bonds. The van der Waals surface area contributed by atoms with Gasteiger partial charge in [0, 0.05) is 16.1 Å². The molecule has 3 aromatic rings. The third kappa shape index (κ3) is 2.99. The lowest BCUT2D eigenvalue weighted by atomic mass is 10.00. The zero-order valence-corrected chi connectivity index (χ0v) is 16.1. The summed E-state index contributed by atoms with van der Waals surface area (Å²) in [7, 11) is 0. The van der Waals surface area contributed by atoms with Crippen molar-refractivity contribution in [3.05, 3.63) is 81.6 Å². The molecule has 28 heavy (non-hydrogen) atoms. The Balaban J connectivity index is 1.98. The predicted molar refractivity (Wildman–Crippen MR) is 105 cm³/mol. The Hall–Kier alpha value is -2.99. The smallest absolute Gasteiger partial charge is 0.358 e. The number of halogens is 2. The van der Waals surface area contributed by atoms with Crippen LogP contribution in [0.5, 0.6) is 0 Å². The number of carbonyl (C=O) groups excluding carboxylic acids is 1. The Bertz CT molecular complexity index is 1120. The maximum absolute atomic E-state index is 14.5. The lowest BCUT2D eigenvalue weighted by Gasteiger charge is -2.14. The second kappa shape index (κ2) is 7.20. The number of imidazole rings is 1. The van der Waals surface area contributed by atoms with Crippen molar-refractivity contribution in [1.29, 1.82) is 0 Å². The highest BCUT2D eigenvalue weighted by Gasteiger charge is 2.28. The molecule has 0 fully saturated rings. The Morgan fingerprint density at radius 3 is 2.79 bits per heavy atom. The number of aliphatic imine (C=N–C) groups is 1. The van der Waals surface area contributed by atoms with Gasteiger partial charge in [0.05, 0.1) is 30.2 Å². The molecular weight excluding hydrogens is 381 g/mol. The van der Waals surface area contributed by atoms with Crippen molar-refractivity contribution >= 4 is 23.3 Å². The number of nitrogens with zero attached hydrogens (tertiary/aromatic N) is 3. The molecule has 142 valence electrons. The first-order valence-corrected chi connectivity index (χ1v) is 9.24. The molecule has 0 atom stereocenters. The van der Waals surface area contributed by atoms with Crippen molar-refractivity contribution in [3.63, 3.8) is 0 Å². The minimum absolute atomic E-state index is 0.158. The summed E-state index contributed by atoms with van der Waals surface area (Å²) in [6.45, 7) is 3.95. The fourth-order valence-corrected chi connectivity index (χ4v) is 3.59. The lowest BCUT2D eigenvalue weighted by molar-refractivity contribution is 0.0518. The van der Waals surface area contributed by atoms with E-state index in [0.29, 0.717) is 33.4 Å². The first kappa shape index (κ1) is 18.4. The van der Waals surface area contributed by atoms with E-state index in [9.17, 15) is 9.18 Å². The standard InChI is InChI=1S/C21H17ClFN3O2/c1-3-28-21(27)20-18-11-24-19(14-6-4-5-7-16(14)23)15-10-13(22)8-9-17(15)26(18)12(2)25-20/h4-10H,3,11H2,1-2H3. The van der Waals surface area contributed by atoms with Gasteiger partial charge in [-0.1, -0.05) is 23.7 Å². The highest BCUT2D eigenvalue weighted by Crippen LogP contribution is 2.31. The van der Waals surface area contributed by atoms with Gasteiger partial charge in [0.1, 0.15) is 11.6 Å². The highest BCUT2D eigenvalue weighted by atomic mass is 35.5. The van der Waals surface area contributed by atoms with Crippen molar-refractivity contribution in [2.24, 2.45) is 4.99 Å². The van der Waals surface area contributed by atoms with Gasteiger partial charge in [-0.05, 0) is 44.2 Å². The summed E-state index contributed by atoms with van der Waals surface area (Å²) in [5.41, 5.74) is 3.09. The zero-order valence-electron chi connectivity index (χ0n) is 15.4. The summed E-state index contributed by atoms with van der Waals surface area (Å²) in [5.74, 6) is -0.259. The molecule has 1 aliphatic heterocycles. The Labute approximate surface area is 166 Å². The van der Waals surface area contributed by atoms with Crippen molar-refractivity contribution in [2.75, 3.05) is 6.61 Å². The minimum atomic E-state index is -0.501. The van der Waals surface area contributed by atoms with Gasteiger partial charge in [-0.15, -0.1) is 0 Å². The van der Waals surface area contributed by atoms with E-state index < -0.39 is 5.97 Å². The number of ether oxygens (including phenoxy) is 1. The molecule has 0 radical (unpaired) electrons. The molecule has 1 aliphatic rings. The van der Waals surface area contributed by atoms with Crippen molar-refractivity contribution in [1.82, 2.24) is 9.55 Å². The van der Waals surface area contributed by atoms with Crippen LogP contribution in [0, 0.1) is 12.7 Å². The summed E-state index contributed by atoms with van der Waals surface area (Å²) < 4.78 is 21.5. The fraction of sp³-hybridized carbons (Fsp3) is 0.190. The van der Waals surface area contributed by atoms with E-state index in [0.717, 1.165) is 5.69 Å². The van der Waals surface area contributed by atoms with Crippen LogP contribution in [0.15, 0.2) is 47.5 Å². The molecule has 2 heterocycles. The molecule has 0 saturated carbocycles. The molecule has 1 aromatic heterocycles. The van der Waals surface area contributed by atoms with E-state index >= 15 is 0 Å². The number of fused-ring (bicyclic) bond motifs is 3. The van der Waals surface area contributed by atoms with Crippen LogP contribution in [-0.2, 0) is 11.3 Å². The molecule has 7 heteroatoms. The Morgan fingerprint density at radius 1 is 1.25 bits per heavy atom. The van der Waals surface area contributed by atoms with E-state index in [1.54, 1.807) is 44.2 Å². The van der Waals surface area contributed by atoms with Gasteiger partial charge in [0.2, 0.25) is 0 Å². The number of aromatic nitrogens is 2. The van der Waals surface area contributed by atoms with Gasteiger partial charge in [0.15, 0.2) is 5.69 Å². The molecule has 0 bridgehead atoms. The number of hydrogen-bond acceptors (Lipinski definition) is 4. The SMILES string of the molecule is CCOC(=O)c1nc(C)n2c1CN=C(c1ccccc1F)c1cc(Cl)ccc1-2. The first-order valence-electron chi connectivity index (χ1n) is 8.86. The van der Waals surface area contributed by atoms with Gasteiger partial charge in [-0.2, -0.15) is 0 Å². The van der Waals surface area contributed by atoms with Gasteiger partial charge in [0.25, 0.3) is 0 Å². The Kier molecular flexibility index (Phi) is 4.73. The maximum Gasteiger partial charge on any atom is 0.358 e. The Morgan fingerprint density at radius 2 is 2.04 bits per heavy atom. The zero-order chi connectivity index (χ0) is 19.8. The molecule has 4 rings (SSSR count). The van der Waals surface area contributed by atoms with Crippen LogP contribution in [-0.4, -0.2) is 27.8 Å². The van der Waals surface area contributed by atoms with Gasteiger partial charge >= 0.3 is 5.97 Å². The third-order valence-electron chi connectivity index (χ3n) is 4.58. The van der Waals surface area contributed by atoms with Crippen LogP contribution in [0.25, 0.3) is 5.69 Å². The molecule has 5 nitrogen and oxygen atoms in total. The summed E-state index contributed by atoms with van der Waals surface area (Å²) in [5, 5.41) is 0.509. The van der Waals surface area contributed by atoms with Crippen LogP contribution in [0.4, 0.5) is 4.39 Å². The summed E-state index contributed by atoms with van der Waals surface area (Å²) in [6.07, 6.45) is 0. The molecule has 0 saturated heterocycles. The van der Waals surface area contributed by atoms with Gasteiger partial charge in [-0.3, -0.25) is 9.56 Å². The fourth-order valence-electron chi connectivity index (χ4n) is 3.42. The number of carbonyl (C=O) groups is 1. The molecule has 0 aliphatic carbocycles. The van der Waals surface area contributed by atoms with Gasteiger partial charge in [-0.25, -0.2) is 14.2 Å². The van der Waals surface area contributed by atoms with Crippen molar-refractivity contribution in [2.45, 2.75) is 20.4 Å². The van der Waals surface area contributed by atoms with Crippen molar-refractivity contribution in [3.8, 4) is 5.69 Å². The summed E-state index contributed by atoms with van der Waals surface area (Å²) in [4.78, 5) is 21.4. The number of benzene rings is 2. The minimum Gasteiger partial charge on any atom is -0.461 e. The van der Waals surface area contributed by atoms with Crippen LogP contribution in [0.1, 0.15) is 40.1 Å². The molecule has 0 unspecified atom stereocenters. The normalized spacial score (nSPS) is 12.6. The maximum atomic E-state index is 14.5. The number of rotatable bonds is 3. The molecule has 0 spiro atoms. The number of hydrogen-bond donors (Lipinski definition) is 0. The molecule has 0 N–H and O–H groups in total. The topological polar surface area (TPSA) is 56.5 Å². The number of esters is 1. The third-order valence-corrected chi connectivity index (χ3v) is 4.81. The van der Waals surface area contributed by atoms with Gasteiger partial charge < -0.3 is 4.74 Å². The molecule has 2 aromatic carbocycles. The van der Waals surface area contributed by atoms with E-state index in [1.807, 2.05) is 10.6 Å². The van der Waals surface area contributed by atoms with Crippen LogP contribution < -0.4 is 0 Å². The highest BCUT2D eigenvalue weighted by molar-refractivity contribution is 6.31. The second-order valence-corrected chi connectivity index (χ2v) is 6.75.